The van der Waals surface area contributed by atoms with Crippen LogP contribution in [0.25, 0.3) is 0 Å². The van der Waals surface area contributed by atoms with Gasteiger partial charge in [-0.25, -0.2) is 0 Å². The summed E-state index contributed by atoms with van der Waals surface area (Å²) in [6.45, 7) is 7.49. The highest BCUT2D eigenvalue weighted by molar-refractivity contribution is 5.24. The molecule has 1 heteroatoms. The van der Waals surface area contributed by atoms with E-state index in [2.05, 4.69) is 61.7 Å². The van der Waals surface area contributed by atoms with Crippen LogP contribution in [0, 0.1) is 13.8 Å². The van der Waals surface area contributed by atoms with Gasteiger partial charge in [0.1, 0.15) is 0 Å². The van der Waals surface area contributed by atoms with E-state index in [1.807, 2.05) is 0 Å². The summed E-state index contributed by atoms with van der Waals surface area (Å²) in [5.74, 6) is 0. The summed E-state index contributed by atoms with van der Waals surface area (Å²) in [5.41, 5.74) is 5.44. The average Bonchev–Trinajstić information content (AvgIpc) is 2.62. The van der Waals surface area contributed by atoms with Crippen molar-refractivity contribution in [2.75, 3.05) is 0 Å². The van der Waals surface area contributed by atoms with E-state index in [1.54, 1.807) is 0 Å². The standard InChI is InChI=1S/C15H19N/c1-4-14-7-9-15(10-8-14)11-16-12(2)5-6-13(16)3/h5-10H,4,11H2,1-3H3. The van der Waals surface area contributed by atoms with Crippen LogP contribution in [-0.4, -0.2) is 4.57 Å². The summed E-state index contributed by atoms with van der Waals surface area (Å²) in [6.07, 6.45) is 1.11. The SMILES string of the molecule is CCc1ccc(Cn2c(C)ccc2C)cc1. The molecule has 0 bridgehead atoms. The summed E-state index contributed by atoms with van der Waals surface area (Å²) in [4.78, 5) is 0. The van der Waals surface area contributed by atoms with E-state index in [4.69, 9.17) is 0 Å². The minimum Gasteiger partial charge on any atom is -0.345 e. The van der Waals surface area contributed by atoms with Crippen LogP contribution in [0.1, 0.15) is 29.4 Å². The Balaban J connectivity index is 2.20. The third kappa shape index (κ3) is 2.19. The van der Waals surface area contributed by atoms with E-state index in [-0.39, 0.29) is 0 Å². The molecular formula is C15H19N. The second-order valence-electron chi connectivity index (χ2n) is 4.37. The molecule has 0 aliphatic carbocycles. The molecule has 0 aliphatic rings. The first-order valence-electron chi connectivity index (χ1n) is 5.91. The Labute approximate surface area is 97.7 Å². The lowest BCUT2D eigenvalue weighted by molar-refractivity contribution is 0.749. The van der Waals surface area contributed by atoms with Gasteiger partial charge in [-0.05, 0) is 43.5 Å². The zero-order valence-electron chi connectivity index (χ0n) is 10.3. The van der Waals surface area contributed by atoms with E-state index < -0.39 is 0 Å². The maximum Gasteiger partial charge on any atom is 0.0475 e. The van der Waals surface area contributed by atoms with Crippen LogP contribution in [0.15, 0.2) is 36.4 Å². The van der Waals surface area contributed by atoms with Gasteiger partial charge in [0.25, 0.3) is 0 Å². The molecule has 0 N–H and O–H groups in total. The van der Waals surface area contributed by atoms with Gasteiger partial charge < -0.3 is 4.57 Å². The van der Waals surface area contributed by atoms with Crippen LogP contribution < -0.4 is 0 Å². The summed E-state index contributed by atoms with van der Waals surface area (Å²) in [6, 6.07) is 13.3. The fraction of sp³-hybridized carbons (Fsp3) is 0.333. The Kier molecular flexibility index (Phi) is 3.14. The first-order valence-corrected chi connectivity index (χ1v) is 5.91. The molecule has 0 saturated heterocycles. The molecule has 0 amide bonds. The molecule has 0 radical (unpaired) electrons. The Bertz CT molecular complexity index is 443. The van der Waals surface area contributed by atoms with Crippen molar-refractivity contribution in [2.45, 2.75) is 33.7 Å². The van der Waals surface area contributed by atoms with Crippen molar-refractivity contribution in [3.63, 3.8) is 0 Å². The summed E-state index contributed by atoms with van der Waals surface area (Å²) < 4.78 is 2.35. The normalized spacial score (nSPS) is 10.7. The van der Waals surface area contributed by atoms with Crippen LogP contribution in [0.5, 0.6) is 0 Å². The van der Waals surface area contributed by atoms with Gasteiger partial charge in [-0.3, -0.25) is 0 Å². The van der Waals surface area contributed by atoms with Gasteiger partial charge in [-0.1, -0.05) is 31.2 Å². The number of aryl methyl sites for hydroxylation is 3. The van der Waals surface area contributed by atoms with Crippen molar-refractivity contribution >= 4 is 0 Å². The second kappa shape index (κ2) is 4.56. The van der Waals surface area contributed by atoms with Gasteiger partial charge in [0.2, 0.25) is 0 Å². The van der Waals surface area contributed by atoms with E-state index in [1.165, 1.54) is 22.5 Å². The van der Waals surface area contributed by atoms with Crippen molar-refractivity contribution in [3.05, 3.63) is 58.9 Å². The first-order chi connectivity index (χ1) is 7.70. The van der Waals surface area contributed by atoms with Crippen LogP contribution in [-0.2, 0) is 13.0 Å². The summed E-state index contributed by atoms with van der Waals surface area (Å²) >= 11 is 0. The smallest absolute Gasteiger partial charge is 0.0475 e. The van der Waals surface area contributed by atoms with E-state index in [0.29, 0.717) is 0 Å². The molecule has 0 saturated carbocycles. The second-order valence-corrected chi connectivity index (χ2v) is 4.37. The van der Waals surface area contributed by atoms with Crippen LogP contribution in [0.3, 0.4) is 0 Å². The number of aromatic nitrogens is 1. The van der Waals surface area contributed by atoms with Gasteiger partial charge in [0.05, 0.1) is 0 Å². The molecule has 0 unspecified atom stereocenters. The Morgan fingerprint density at radius 3 is 1.81 bits per heavy atom. The summed E-state index contributed by atoms with van der Waals surface area (Å²) in [5, 5.41) is 0. The lowest BCUT2D eigenvalue weighted by Crippen LogP contribution is -2.03. The Hall–Kier alpha value is -1.50. The highest BCUT2D eigenvalue weighted by Crippen LogP contribution is 2.12. The molecule has 2 aromatic rings. The number of benzene rings is 1. The maximum atomic E-state index is 2.35. The molecule has 16 heavy (non-hydrogen) atoms. The van der Waals surface area contributed by atoms with Crippen LogP contribution in [0.2, 0.25) is 0 Å². The third-order valence-corrected chi connectivity index (χ3v) is 3.19. The maximum absolute atomic E-state index is 2.35. The minimum atomic E-state index is 0.981. The van der Waals surface area contributed by atoms with Gasteiger partial charge in [0.15, 0.2) is 0 Å². The lowest BCUT2D eigenvalue weighted by atomic mass is 10.1. The number of hydrogen-bond acceptors (Lipinski definition) is 0. The first kappa shape index (κ1) is 11.0. The lowest BCUT2D eigenvalue weighted by Gasteiger charge is -2.09. The molecule has 84 valence electrons. The number of rotatable bonds is 3. The van der Waals surface area contributed by atoms with E-state index in [9.17, 15) is 0 Å². The van der Waals surface area contributed by atoms with Gasteiger partial charge in [0, 0.05) is 17.9 Å². The molecular weight excluding hydrogens is 194 g/mol. The monoisotopic (exact) mass is 213 g/mol. The number of nitrogens with zero attached hydrogens (tertiary/aromatic N) is 1. The molecule has 1 heterocycles. The highest BCUT2D eigenvalue weighted by atomic mass is 15.0. The minimum absolute atomic E-state index is 0.981. The summed E-state index contributed by atoms with van der Waals surface area (Å²) in [7, 11) is 0. The molecule has 0 spiro atoms. The molecule has 1 nitrogen and oxygen atoms in total. The van der Waals surface area contributed by atoms with Gasteiger partial charge in [-0.2, -0.15) is 0 Å². The van der Waals surface area contributed by atoms with Crippen molar-refractivity contribution in [1.82, 2.24) is 4.57 Å². The Morgan fingerprint density at radius 2 is 1.31 bits per heavy atom. The van der Waals surface area contributed by atoms with Gasteiger partial charge in [-0.15, -0.1) is 0 Å². The third-order valence-electron chi connectivity index (χ3n) is 3.19. The molecule has 0 aliphatic heterocycles. The van der Waals surface area contributed by atoms with Crippen molar-refractivity contribution in [2.24, 2.45) is 0 Å². The largest absolute Gasteiger partial charge is 0.345 e. The quantitative estimate of drug-likeness (QED) is 0.732. The molecule has 2 rings (SSSR count). The van der Waals surface area contributed by atoms with Crippen LogP contribution >= 0.6 is 0 Å². The van der Waals surface area contributed by atoms with E-state index in [0.717, 1.165) is 13.0 Å². The average molecular weight is 213 g/mol. The molecule has 1 aromatic carbocycles. The fourth-order valence-corrected chi connectivity index (χ4v) is 2.01. The zero-order valence-corrected chi connectivity index (χ0v) is 10.3. The fourth-order valence-electron chi connectivity index (χ4n) is 2.01. The van der Waals surface area contributed by atoms with Gasteiger partial charge >= 0.3 is 0 Å². The van der Waals surface area contributed by atoms with Crippen LogP contribution in [0.4, 0.5) is 0 Å². The van der Waals surface area contributed by atoms with Crippen molar-refractivity contribution < 1.29 is 0 Å². The topological polar surface area (TPSA) is 4.93 Å². The van der Waals surface area contributed by atoms with Crippen molar-refractivity contribution in [1.29, 1.82) is 0 Å². The predicted octanol–water partition coefficient (Wildman–Crippen LogP) is 3.72. The molecule has 0 fully saturated rings. The van der Waals surface area contributed by atoms with E-state index >= 15 is 0 Å². The zero-order chi connectivity index (χ0) is 11.5. The predicted molar refractivity (Wildman–Crippen MR) is 68.8 cm³/mol. The highest BCUT2D eigenvalue weighted by Gasteiger charge is 2.01. The molecule has 0 atom stereocenters. The van der Waals surface area contributed by atoms with Crippen molar-refractivity contribution in [3.8, 4) is 0 Å². The Morgan fingerprint density at radius 1 is 0.812 bits per heavy atom. The number of hydrogen-bond donors (Lipinski definition) is 0. The molecule has 1 aromatic heterocycles.